The number of rotatable bonds is 10. The first-order valence-corrected chi connectivity index (χ1v) is 13.0. The first-order chi connectivity index (χ1) is 17.0. The van der Waals surface area contributed by atoms with E-state index in [1.54, 1.807) is 24.3 Å². The van der Waals surface area contributed by atoms with Gasteiger partial charge in [0.1, 0.15) is 11.5 Å². The van der Waals surface area contributed by atoms with E-state index in [0.717, 1.165) is 39.2 Å². The van der Waals surface area contributed by atoms with Crippen LogP contribution in [0.4, 0.5) is 5.13 Å². The van der Waals surface area contributed by atoms with Gasteiger partial charge >= 0.3 is 0 Å². The molecule has 0 aliphatic rings. The third-order valence-corrected chi connectivity index (χ3v) is 6.83. The number of para-hydroxylation sites is 1. The van der Waals surface area contributed by atoms with Crippen LogP contribution in [0.5, 0.6) is 11.5 Å². The number of Topliss-reactive ketones (excluding diaryl/α,β-unsaturated/α-hetero) is 1. The standard InChI is InChI=1S/C28H25BrN2O3S/c1-2-6-25-27(20-9-13-21(29)14-10-20)31-28(35-25)30-26(33)18-17-24(32)19-11-15-23(16-12-19)34-22-7-4-3-5-8-22/h3-5,7-16H,2,6,17-18H2,1H3,(H,30,31,33). The largest absolute Gasteiger partial charge is 0.457 e. The smallest absolute Gasteiger partial charge is 0.226 e. The lowest BCUT2D eigenvalue weighted by molar-refractivity contribution is -0.116. The van der Waals surface area contributed by atoms with Crippen molar-refractivity contribution in [2.45, 2.75) is 32.6 Å². The Morgan fingerprint density at radius 1 is 0.914 bits per heavy atom. The highest BCUT2D eigenvalue weighted by Gasteiger charge is 2.16. The summed E-state index contributed by atoms with van der Waals surface area (Å²) in [6.45, 7) is 2.12. The van der Waals surface area contributed by atoms with E-state index in [1.807, 2.05) is 54.6 Å². The van der Waals surface area contributed by atoms with Crippen molar-refractivity contribution in [3.63, 3.8) is 0 Å². The van der Waals surface area contributed by atoms with Crippen molar-refractivity contribution in [2.24, 2.45) is 0 Å². The van der Waals surface area contributed by atoms with E-state index in [4.69, 9.17) is 4.74 Å². The fourth-order valence-corrected chi connectivity index (χ4v) is 4.89. The SMILES string of the molecule is CCCc1sc(NC(=O)CCC(=O)c2ccc(Oc3ccccc3)cc2)nc1-c1ccc(Br)cc1. The maximum absolute atomic E-state index is 12.6. The number of anilines is 1. The molecular weight excluding hydrogens is 524 g/mol. The Labute approximate surface area is 217 Å². The molecular formula is C28H25BrN2O3S. The molecule has 0 saturated carbocycles. The lowest BCUT2D eigenvalue weighted by Crippen LogP contribution is -2.13. The van der Waals surface area contributed by atoms with Gasteiger partial charge in [0.15, 0.2) is 10.9 Å². The predicted molar refractivity (Wildman–Crippen MR) is 144 cm³/mol. The minimum absolute atomic E-state index is 0.0900. The van der Waals surface area contributed by atoms with Gasteiger partial charge in [0, 0.05) is 33.3 Å². The minimum atomic E-state index is -0.221. The summed E-state index contributed by atoms with van der Waals surface area (Å²) < 4.78 is 6.77. The number of carbonyl (C=O) groups excluding carboxylic acids is 2. The highest BCUT2D eigenvalue weighted by atomic mass is 79.9. The average Bonchev–Trinajstić information content (AvgIpc) is 3.26. The van der Waals surface area contributed by atoms with E-state index in [9.17, 15) is 9.59 Å². The zero-order valence-electron chi connectivity index (χ0n) is 19.3. The van der Waals surface area contributed by atoms with E-state index in [0.29, 0.717) is 16.4 Å². The highest BCUT2D eigenvalue weighted by molar-refractivity contribution is 9.10. The van der Waals surface area contributed by atoms with E-state index in [1.165, 1.54) is 11.3 Å². The number of hydrogen-bond acceptors (Lipinski definition) is 5. The van der Waals surface area contributed by atoms with Crippen LogP contribution in [-0.2, 0) is 11.2 Å². The van der Waals surface area contributed by atoms with Crippen molar-refractivity contribution in [1.82, 2.24) is 4.98 Å². The fourth-order valence-electron chi connectivity index (χ4n) is 3.52. The number of aromatic nitrogens is 1. The first-order valence-electron chi connectivity index (χ1n) is 11.4. The minimum Gasteiger partial charge on any atom is -0.457 e. The van der Waals surface area contributed by atoms with Gasteiger partial charge in [0.2, 0.25) is 5.91 Å². The molecule has 0 fully saturated rings. The van der Waals surface area contributed by atoms with Crippen molar-refractivity contribution in [2.75, 3.05) is 5.32 Å². The molecule has 1 N–H and O–H groups in total. The number of carbonyl (C=O) groups is 2. The second-order valence-electron chi connectivity index (χ2n) is 7.96. The zero-order valence-corrected chi connectivity index (χ0v) is 21.7. The van der Waals surface area contributed by atoms with E-state index in [-0.39, 0.29) is 24.5 Å². The Bertz CT molecular complexity index is 1290. The van der Waals surface area contributed by atoms with E-state index >= 15 is 0 Å². The molecule has 0 saturated heterocycles. The number of hydrogen-bond donors (Lipinski definition) is 1. The van der Waals surface area contributed by atoms with Crippen LogP contribution >= 0.6 is 27.3 Å². The van der Waals surface area contributed by atoms with Crippen LogP contribution < -0.4 is 10.1 Å². The monoisotopic (exact) mass is 548 g/mol. The molecule has 0 unspecified atom stereocenters. The summed E-state index contributed by atoms with van der Waals surface area (Å²) in [7, 11) is 0. The molecule has 1 aromatic heterocycles. The molecule has 4 aromatic rings. The van der Waals surface area contributed by atoms with Crippen molar-refractivity contribution in [3.8, 4) is 22.8 Å². The van der Waals surface area contributed by atoms with Gasteiger partial charge in [-0.3, -0.25) is 9.59 Å². The van der Waals surface area contributed by atoms with Crippen molar-refractivity contribution in [1.29, 1.82) is 0 Å². The normalized spacial score (nSPS) is 10.7. The molecule has 1 amide bonds. The topological polar surface area (TPSA) is 68.3 Å². The van der Waals surface area contributed by atoms with Crippen molar-refractivity contribution in [3.05, 3.63) is 93.8 Å². The number of ketones is 1. The Kier molecular flexibility index (Phi) is 8.45. The van der Waals surface area contributed by atoms with Gasteiger partial charge in [-0.2, -0.15) is 0 Å². The van der Waals surface area contributed by atoms with Crippen molar-refractivity contribution < 1.29 is 14.3 Å². The summed E-state index contributed by atoms with van der Waals surface area (Å²) in [4.78, 5) is 30.9. The molecule has 35 heavy (non-hydrogen) atoms. The van der Waals surface area contributed by atoms with Gasteiger partial charge in [-0.15, -0.1) is 11.3 Å². The molecule has 1 heterocycles. The molecule has 4 rings (SSSR count). The third kappa shape index (κ3) is 6.87. The predicted octanol–water partition coefficient (Wildman–Crippen LogP) is 7.92. The summed E-state index contributed by atoms with van der Waals surface area (Å²) >= 11 is 4.95. The number of halogens is 1. The van der Waals surface area contributed by atoms with E-state index < -0.39 is 0 Å². The number of aryl methyl sites for hydroxylation is 1. The maximum atomic E-state index is 12.6. The van der Waals surface area contributed by atoms with Crippen LogP contribution in [0.25, 0.3) is 11.3 Å². The molecule has 0 spiro atoms. The number of amides is 1. The van der Waals surface area contributed by atoms with E-state index in [2.05, 4.69) is 33.2 Å². The number of nitrogens with zero attached hydrogens (tertiary/aromatic N) is 1. The molecule has 7 heteroatoms. The Morgan fingerprint density at radius 3 is 2.29 bits per heavy atom. The number of thiazole rings is 1. The van der Waals surface area contributed by atoms with Gasteiger partial charge in [0.05, 0.1) is 5.69 Å². The Morgan fingerprint density at radius 2 is 1.60 bits per heavy atom. The molecule has 0 radical (unpaired) electrons. The number of ether oxygens (including phenoxy) is 1. The molecule has 5 nitrogen and oxygen atoms in total. The molecule has 3 aromatic carbocycles. The molecule has 0 aliphatic heterocycles. The zero-order chi connectivity index (χ0) is 24.6. The van der Waals surface area contributed by atoms with Gasteiger partial charge in [0.25, 0.3) is 0 Å². The quantitative estimate of drug-likeness (QED) is 0.204. The Hall–Kier alpha value is -3.29. The highest BCUT2D eigenvalue weighted by Crippen LogP contribution is 2.33. The average molecular weight is 549 g/mol. The summed E-state index contributed by atoms with van der Waals surface area (Å²) in [5.41, 5.74) is 2.46. The van der Waals surface area contributed by atoms with Crippen LogP contribution in [0.1, 0.15) is 41.4 Å². The molecule has 0 atom stereocenters. The summed E-state index contributed by atoms with van der Waals surface area (Å²) in [5.74, 6) is 1.07. The lowest BCUT2D eigenvalue weighted by Gasteiger charge is -2.06. The number of benzene rings is 3. The van der Waals surface area contributed by atoms with Gasteiger partial charge in [-0.1, -0.05) is 59.6 Å². The second kappa shape index (κ2) is 11.9. The second-order valence-corrected chi connectivity index (χ2v) is 9.96. The van der Waals surface area contributed by atoms with Crippen molar-refractivity contribution >= 4 is 44.1 Å². The maximum Gasteiger partial charge on any atom is 0.226 e. The van der Waals surface area contributed by atoms with Crippen LogP contribution in [0.3, 0.4) is 0 Å². The third-order valence-electron chi connectivity index (χ3n) is 5.27. The lowest BCUT2D eigenvalue weighted by atomic mass is 10.1. The number of nitrogens with one attached hydrogen (secondary N) is 1. The molecule has 0 aliphatic carbocycles. The summed E-state index contributed by atoms with van der Waals surface area (Å²) in [6.07, 6.45) is 2.10. The first kappa shape index (κ1) is 24.8. The molecule has 0 bridgehead atoms. The summed E-state index contributed by atoms with van der Waals surface area (Å²) in [5, 5.41) is 3.43. The Balaban J connectivity index is 1.33. The van der Waals surface area contributed by atoms with Crippen LogP contribution in [-0.4, -0.2) is 16.7 Å². The van der Waals surface area contributed by atoms with Gasteiger partial charge in [-0.25, -0.2) is 4.98 Å². The van der Waals surface area contributed by atoms with Gasteiger partial charge in [-0.05, 0) is 55.0 Å². The fraction of sp³-hybridized carbons (Fsp3) is 0.179. The molecule has 178 valence electrons. The van der Waals surface area contributed by atoms with Gasteiger partial charge < -0.3 is 10.1 Å². The van der Waals surface area contributed by atoms with Crippen LogP contribution in [0.2, 0.25) is 0 Å². The van der Waals surface area contributed by atoms with Crippen LogP contribution in [0.15, 0.2) is 83.3 Å². The van der Waals surface area contributed by atoms with Crippen LogP contribution in [0, 0.1) is 0 Å². The summed E-state index contributed by atoms with van der Waals surface area (Å²) in [6, 6.07) is 24.4.